The van der Waals surface area contributed by atoms with E-state index in [0.29, 0.717) is 22.6 Å². The molecule has 0 radical (unpaired) electrons. The number of carbonyl (C=O) groups is 1. The molecule has 0 amide bonds. The minimum Gasteiger partial charge on any atom is -0.477 e. The highest BCUT2D eigenvalue weighted by Crippen LogP contribution is 2.37. The number of carboxylic acid groups (broad SMARTS) is 1. The molecule has 0 atom stereocenters. The molecular formula is C11H7F3N2O2S. The molecule has 8 heteroatoms. The smallest absolute Gasteiger partial charge is 0.435 e. The molecule has 4 nitrogen and oxygen atoms in total. The van der Waals surface area contributed by atoms with Crippen LogP contribution in [0.1, 0.15) is 15.4 Å². The van der Waals surface area contributed by atoms with Crippen molar-refractivity contribution in [3.8, 4) is 10.6 Å². The molecule has 1 aromatic heterocycles. The largest absolute Gasteiger partial charge is 0.477 e. The van der Waals surface area contributed by atoms with Crippen LogP contribution in [0, 0.1) is 0 Å². The predicted molar refractivity (Wildman–Crippen MR) is 63.9 cm³/mol. The average Bonchev–Trinajstić information content (AvgIpc) is 2.74. The monoisotopic (exact) mass is 288 g/mol. The van der Waals surface area contributed by atoms with E-state index in [2.05, 4.69) is 4.98 Å². The van der Waals surface area contributed by atoms with Gasteiger partial charge in [-0.05, 0) is 24.3 Å². The van der Waals surface area contributed by atoms with Gasteiger partial charge in [0, 0.05) is 11.3 Å². The number of hydrogen-bond acceptors (Lipinski definition) is 4. The van der Waals surface area contributed by atoms with Gasteiger partial charge in [0.1, 0.15) is 9.88 Å². The van der Waals surface area contributed by atoms with E-state index in [1.54, 1.807) is 0 Å². The maximum absolute atomic E-state index is 12.7. The molecule has 0 aliphatic heterocycles. The number of alkyl halides is 3. The SMILES string of the molecule is Nc1ccc(-c2nc(C(F)(F)F)c(C(=O)O)s2)cc1. The fourth-order valence-corrected chi connectivity index (χ4v) is 2.34. The van der Waals surface area contributed by atoms with Crippen LogP contribution in [-0.2, 0) is 6.18 Å². The number of hydrogen-bond donors (Lipinski definition) is 2. The van der Waals surface area contributed by atoms with Gasteiger partial charge in [0.05, 0.1) is 0 Å². The molecule has 0 saturated heterocycles. The summed E-state index contributed by atoms with van der Waals surface area (Å²) in [6.45, 7) is 0. The van der Waals surface area contributed by atoms with Crippen LogP contribution < -0.4 is 5.73 Å². The summed E-state index contributed by atoms with van der Waals surface area (Å²) in [5, 5.41) is 8.77. The Hall–Kier alpha value is -2.09. The molecule has 0 spiro atoms. The summed E-state index contributed by atoms with van der Waals surface area (Å²) in [6, 6.07) is 5.98. The van der Waals surface area contributed by atoms with E-state index in [1.807, 2.05) is 0 Å². The van der Waals surface area contributed by atoms with Gasteiger partial charge in [-0.2, -0.15) is 13.2 Å². The summed E-state index contributed by atoms with van der Waals surface area (Å²) in [4.78, 5) is 13.4. The fourth-order valence-electron chi connectivity index (χ4n) is 1.41. The van der Waals surface area contributed by atoms with Gasteiger partial charge < -0.3 is 10.8 Å². The van der Waals surface area contributed by atoms with Gasteiger partial charge in [-0.1, -0.05) is 0 Å². The Morgan fingerprint density at radius 3 is 2.26 bits per heavy atom. The highest BCUT2D eigenvalue weighted by atomic mass is 32.1. The number of nitrogens with zero attached hydrogens (tertiary/aromatic N) is 1. The first kappa shape index (κ1) is 13.3. The van der Waals surface area contributed by atoms with E-state index in [4.69, 9.17) is 10.8 Å². The van der Waals surface area contributed by atoms with E-state index >= 15 is 0 Å². The second-order valence-corrected chi connectivity index (χ2v) is 4.62. The lowest BCUT2D eigenvalue weighted by molar-refractivity contribution is -0.141. The first-order chi connectivity index (χ1) is 8.79. The summed E-state index contributed by atoms with van der Waals surface area (Å²) in [5.41, 5.74) is 4.93. The highest BCUT2D eigenvalue weighted by molar-refractivity contribution is 7.17. The zero-order valence-corrected chi connectivity index (χ0v) is 10.0. The Morgan fingerprint density at radius 2 is 1.84 bits per heavy atom. The zero-order valence-electron chi connectivity index (χ0n) is 9.23. The average molecular weight is 288 g/mol. The van der Waals surface area contributed by atoms with E-state index in [-0.39, 0.29) is 5.01 Å². The minimum atomic E-state index is -4.80. The number of thiazole rings is 1. The van der Waals surface area contributed by atoms with Gasteiger partial charge in [-0.15, -0.1) is 11.3 Å². The first-order valence-electron chi connectivity index (χ1n) is 4.96. The van der Waals surface area contributed by atoms with Crippen LogP contribution in [0.4, 0.5) is 18.9 Å². The summed E-state index contributed by atoms with van der Waals surface area (Å²) in [7, 11) is 0. The van der Waals surface area contributed by atoms with Gasteiger partial charge >= 0.3 is 12.1 Å². The molecule has 2 rings (SSSR count). The maximum Gasteiger partial charge on any atom is 0.435 e. The van der Waals surface area contributed by atoms with Crippen molar-refractivity contribution < 1.29 is 23.1 Å². The molecule has 0 fully saturated rings. The van der Waals surface area contributed by atoms with Crippen LogP contribution in [-0.4, -0.2) is 16.1 Å². The third kappa shape index (κ3) is 2.68. The standard InChI is InChI=1S/C11H7F3N2O2S/c12-11(13,14)8-7(10(17)18)19-9(16-8)5-1-3-6(15)4-2-5/h1-4H,15H2,(H,17,18). The molecule has 1 heterocycles. The molecule has 0 aliphatic carbocycles. The number of aromatic nitrogens is 1. The highest BCUT2D eigenvalue weighted by Gasteiger charge is 2.39. The number of nitrogen functional groups attached to an aromatic ring is 1. The maximum atomic E-state index is 12.7. The number of benzene rings is 1. The van der Waals surface area contributed by atoms with Crippen LogP contribution in [0.15, 0.2) is 24.3 Å². The van der Waals surface area contributed by atoms with Crippen LogP contribution in [0.25, 0.3) is 10.6 Å². The predicted octanol–water partition coefficient (Wildman–Crippen LogP) is 3.11. The second kappa shape index (κ2) is 4.54. The first-order valence-corrected chi connectivity index (χ1v) is 5.78. The van der Waals surface area contributed by atoms with Gasteiger partial charge in [0.2, 0.25) is 0 Å². The third-order valence-corrected chi connectivity index (χ3v) is 3.34. The summed E-state index contributed by atoms with van der Waals surface area (Å²) >= 11 is 0.482. The van der Waals surface area contributed by atoms with Crippen molar-refractivity contribution in [2.45, 2.75) is 6.18 Å². The molecule has 0 saturated carbocycles. The number of nitrogens with two attached hydrogens (primary N) is 1. The molecule has 100 valence electrons. The molecule has 0 bridgehead atoms. The Balaban J connectivity index is 2.55. The topological polar surface area (TPSA) is 76.2 Å². The molecule has 2 aromatic rings. The molecule has 3 N–H and O–H groups in total. The van der Waals surface area contributed by atoms with Gasteiger partial charge in [0.25, 0.3) is 0 Å². The van der Waals surface area contributed by atoms with Gasteiger partial charge in [-0.25, -0.2) is 9.78 Å². The molecular weight excluding hydrogens is 281 g/mol. The number of rotatable bonds is 2. The molecule has 0 unspecified atom stereocenters. The van der Waals surface area contributed by atoms with Crippen molar-refractivity contribution in [3.05, 3.63) is 34.8 Å². The van der Waals surface area contributed by atoms with E-state index in [9.17, 15) is 18.0 Å². The van der Waals surface area contributed by atoms with Crippen molar-refractivity contribution in [1.82, 2.24) is 4.98 Å². The Kier molecular flexibility index (Phi) is 3.19. The van der Waals surface area contributed by atoms with Crippen LogP contribution in [0.5, 0.6) is 0 Å². The Morgan fingerprint density at radius 1 is 1.26 bits per heavy atom. The number of halogens is 3. The zero-order chi connectivity index (χ0) is 14.2. The van der Waals surface area contributed by atoms with Crippen LogP contribution >= 0.6 is 11.3 Å². The van der Waals surface area contributed by atoms with E-state index < -0.39 is 22.7 Å². The Labute approximate surface area is 109 Å². The molecule has 0 aliphatic rings. The number of carboxylic acids is 1. The number of aromatic carboxylic acids is 1. The quantitative estimate of drug-likeness (QED) is 0.832. The van der Waals surface area contributed by atoms with Crippen molar-refractivity contribution >= 4 is 23.0 Å². The lowest BCUT2D eigenvalue weighted by atomic mass is 10.2. The van der Waals surface area contributed by atoms with Gasteiger partial charge in [-0.3, -0.25) is 0 Å². The van der Waals surface area contributed by atoms with Gasteiger partial charge in [0.15, 0.2) is 5.69 Å². The van der Waals surface area contributed by atoms with Crippen molar-refractivity contribution in [2.75, 3.05) is 5.73 Å². The fraction of sp³-hybridized carbons (Fsp3) is 0.0909. The van der Waals surface area contributed by atoms with Crippen LogP contribution in [0.2, 0.25) is 0 Å². The lowest BCUT2D eigenvalue weighted by Crippen LogP contribution is -2.11. The van der Waals surface area contributed by atoms with Crippen molar-refractivity contribution in [3.63, 3.8) is 0 Å². The Bertz CT molecular complexity index is 620. The van der Waals surface area contributed by atoms with Crippen molar-refractivity contribution in [2.24, 2.45) is 0 Å². The van der Waals surface area contributed by atoms with E-state index in [1.165, 1.54) is 24.3 Å². The minimum absolute atomic E-state index is 0.00951. The summed E-state index contributed by atoms with van der Waals surface area (Å²) < 4.78 is 38.0. The van der Waals surface area contributed by atoms with Crippen molar-refractivity contribution in [1.29, 1.82) is 0 Å². The molecule has 1 aromatic carbocycles. The summed E-state index contributed by atoms with van der Waals surface area (Å²) in [5.74, 6) is -1.65. The third-order valence-electron chi connectivity index (χ3n) is 2.25. The second-order valence-electron chi connectivity index (χ2n) is 3.62. The van der Waals surface area contributed by atoms with E-state index in [0.717, 1.165) is 0 Å². The summed E-state index contributed by atoms with van der Waals surface area (Å²) in [6.07, 6.45) is -4.80. The van der Waals surface area contributed by atoms with Crippen LogP contribution in [0.3, 0.4) is 0 Å². The lowest BCUT2D eigenvalue weighted by Gasteiger charge is -2.02. The normalized spacial score (nSPS) is 11.5. The molecule has 19 heavy (non-hydrogen) atoms. The number of anilines is 1.